The Hall–Kier alpha value is -0.610. The van der Waals surface area contributed by atoms with Gasteiger partial charge in [0.25, 0.3) is 0 Å². The molecule has 2 nitrogen and oxygen atoms in total. The van der Waals surface area contributed by atoms with Crippen molar-refractivity contribution in [2.24, 2.45) is 0 Å². The summed E-state index contributed by atoms with van der Waals surface area (Å²) in [6.07, 6.45) is 0. The van der Waals surface area contributed by atoms with Crippen LogP contribution < -0.4 is 0 Å². The largest absolute Gasteiger partial charge is 0.507 e. The van der Waals surface area contributed by atoms with Crippen LogP contribution in [0.1, 0.15) is 5.56 Å². The van der Waals surface area contributed by atoms with Gasteiger partial charge in [0.2, 0.25) is 0 Å². The summed E-state index contributed by atoms with van der Waals surface area (Å²) in [5.74, 6) is 0.130. The number of phenols is 1. The van der Waals surface area contributed by atoms with E-state index in [1.807, 2.05) is 0 Å². The molecular weight excluding hydrogens is 240 g/mol. The van der Waals surface area contributed by atoms with Crippen LogP contribution >= 0.6 is 28.1 Å². The van der Waals surface area contributed by atoms with Crippen molar-refractivity contribution in [1.29, 1.82) is 0 Å². The Morgan fingerprint density at radius 1 is 1.58 bits per heavy atom. The molecule has 0 atom stereocenters. The normalized spacial score (nSPS) is 9.50. The topological polar surface area (TPSA) is 29.5 Å². The maximum atomic E-state index is 9.35. The monoisotopic (exact) mass is 246 g/mol. The zero-order valence-corrected chi connectivity index (χ0v) is 8.78. The number of rotatable bonds is 1. The molecule has 1 aromatic rings. The summed E-state index contributed by atoms with van der Waals surface area (Å²) < 4.78 is 5.68. The summed E-state index contributed by atoms with van der Waals surface area (Å²) in [7, 11) is 1.47. The van der Waals surface area contributed by atoms with Gasteiger partial charge in [-0.3, -0.25) is 0 Å². The van der Waals surface area contributed by atoms with Gasteiger partial charge in [-0.25, -0.2) is 0 Å². The van der Waals surface area contributed by atoms with Gasteiger partial charge in [0, 0.05) is 4.47 Å². The van der Waals surface area contributed by atoms with Crippen LogP contribution in [0.5, 0.6) is 5.75 Å². The van der Waals surface area contributed by atoms with E-state index in [9.17, 15) is 5.11 Å². The van der Waals surface area contributed by atoms with E-state index in [0.717, 1.165) is 4.47 Å². The highest BCUT2D eigenvalue weighted by atomic mass is 79.9. The number of thiocarbonyl (C=S) groups is 1. The number of benzene rings is 1. The Morgan fingerprint density at radius 2 is 2.25 bits per heavy atom. The molecule has 0 unspecified atom stereocenters. The van der Waals surface area contributed by atoms with Gasteiger partial charge in [0.15, 0.2) is 5.05 Å². The molecule has 0 aliphatic heterocycles. The van der Waals surface area contributed by atoms with Crippen LogP contribution in [0.15, 0.2) is 22.7 Å². The highest BCUT2D eigenvalue weighted by molar-refractivity contribution is 9.10. The van der Waals surface area contributed by atoms with Crippen LogP contribution in [0.4, 0.5) is 0 Å². The van der Waals surface area contributed by atoms with Crippen LogP contribution in [0, 0.1) is 0 Å². The predicted octanol–water partition coefficient (Wildman–Crippen LogP) is 2.48. The Labute approximate surface area is 84.3 Å². The second-order valence-corrected chi connectivity index (χ2v) is 3.44. The minimum Gasteiger partial charge on any atom is -0.507 e. The van der Waals surface area contributed by atoms with Crippen LogP contribution in [0.3, 0.4) is 0 Å². The molecule has 0 saturated carbocycles. The molecule has 0 radical (unpaired) electrons. The Balaban J connectivity index is 3.13. The van der Waals surface area contributed by atoms with E-state index >= 15 is 0 Å². The van der Waals surface area contributed by atoms with E-state index < -0.39 is 0 Å². The van der Waals surface area contributed by atoms with Gasteiger partial charge in [-0.05, 0) is 30.4 Å². The number of hydrogen-bond donors (Lipinski definition) is 1. The highest BCUT2D eigenvalue weighted by Crippen LogP contribution is 2.22. The van der Waals surface area contributed by atoms with Gasteiger partial charge in [0.1, 0.15) is 5.75 Å². The minimum atomic E-state index is 0.130. The first-order valence-corrected chi connectivity index (χ1v) is 4.42. The minimum absolute atomic E-state index is 0.130. The molecular formula is C8H7BrO2S. The van der Waals surface area contributed by atoms with Gasteiger partial charge in [-0.15, -0.1) is 0 Å². The van der Waals surface area contributed by atoms with Crippen molar-refractivity contribution in [3.63, 3.8) is 0 Å². The van der Waals surface area contributed by atoms with Crippen LogP contribution in [0.25, 0.3) is 0 Å². The second kappa shape index (κ2) is 3.87. The lowest BCUT2D eigenvalue weighted by Crippen LogP contribution is -1.99. The average molecular weight is 247 g/mol. The van der Waals surface area contributed by atoms with Crippen LogP contribution in [0.2, 0.25) is 0 Å². The molecule has 0 heterocycles. The Morgan fingerprint density at radius 3 is 2.83 bits per heavy atom. The molecule has 12 heavy (non-hydrogen) atoms. The van der Waals surface area contributed by atoms with E-state index in [1.54, 1.807) is 18.2 Å². The third kappa shape index (κ3) is 1.95. The summed E-state index contributed by atoms with van der Waals surface area (Å²) in [5.41, 5.74) is 0.530. The maximum absolute atomic E-state index is 9.35. The van der Waals surface area contributed by atoms with Crippen molar-refractivity contribution in [3.05, 3.63) is 28.2 Å². The molecule has 0 aliphatic rings. The molecule has 1 rings (SSSR count). The summed E-state index contributed by atoms with van der Waals surface area (Å²) >= 11 is 8.13. The lowest BCUT2D eigenvalue weighted by atomic mass is 10.2. The average Bonchev–Trinajstić information content (AvgIpc) is 2.08. The van der Waals surface area contributed by atoms with E-state index in [2.05, 4.69) is 15.9 Å². The molecule has 0 aromatic heterocycles. The number of hydrogen-bond acceptors (Lipinski definition) is 3. The first-order valence-electron chi connectivity index (χ1n) is 3.22. The number of ether oxygens (including phenoxy) is 1. The van der Waals surface area contributed by atoms with Gasteiger partial charge in [-0.2, -0.15) is 0 Å². The highest BCUT2D eigenvalue weighted by Gasteiger charge is 2.06. The molecule has 0 saturated heterocycles. The van der Waals surface area contributed by atoms with Crippen molar-refractivity contribution < 1.29 is 9.84 Å². The van der Waals surface area contributed by atoms with Crippen molar-refractivity contribution >= 4 is 33.2 Å². The fraction of sp³-hybridized carbons (Fsp3) is 0.125. The molecule has 4 heteroatoms. The molecule has 0 bridgehead atoms. The summed E-state index contributed by atoms with van der Waals surface area (Å²) in [5, 5.41) is 9.63. The van der Waals surface area contributed by atoms with Gasteiger partial charge in [0.05, 0.1) is 12.7 Å². The lowest BCUT2D eigenvalue weighted by molar-refractivity contribution is 0.410. The molecule has 0 fully saturated rings. The third-order valence-corrected chi connectivity index (χ3v) is 2.24. The fourth-order valence-corrected chi connectivity index (χ4v) is 1.31. The third-order valence-electron chi connectivity index (χ3n) is 1.36. The number of phenolic OH excluding ortho intramolecular Hbond substituents is 1. The zero-order chi connectivity index (χ0) is 9.14. The smallest absolute Gasteiger partial charge is 0.194 e. The summed E-state index contributed by atoms with van der Waals surface area (Å²) in [4.78, 5) is 0. The van der Waals surface area contributed by atoms with E-state index in [-0.39, 0.29) is 10.8 Å². The first kappa shape index (κ1) is 9.48. The van der Waals surface area contributed by atoms with E-state index in [0.29, 0.717) is 5.56 Å². The molecule has 0 aliphatic carbocycles. The lowest BCUT2D eigenvalue weighted by Gasteiger charge is -2.04. The number of methoxy groups -OCH3 is 1. The predicted molar refractivity (Wildman–Crippen MR) is 54.5 cm³/mol. The van der Waals surface area contributed by atoms with E-state index in [1.165, 1.54) is 7.11 Å². The maximum Gasteiger partial charge on any atom is 0.194 e. The summed E-state index contributed by atoms with van der Waals surface area (Å²) in [6, 6.07) is 5.00. The van der Waals surface area contributed by atoms with Gasteiger partial charge >= 0.3 is 0 Å². The van der Waals surface area contributed by atoms with Crippen molar-refractivity contribution in [2.75, 3.05) is 7.11 Å². The molecule has 1 N–H and O–H groups in total. The number of halogens is 1. The van der Waals surface area contributed by atoms with Crippen LogP contribution in [-0.2, 0) is 4.74 Å². The van der Waals surface area contributed by atoms with Crippen molar-refractivity contribution in [1.82, 2.24) is 0 Å². The summed E-state index contributed by atoms with van der Waals surface area (Å²) in [6.45, 7) is 0. The van der Waals surface area contributed by atoms with Gasteiger partial charge < -0.3 is 9.84 Å². The van der Waals surface area contributed by atoms with Gasteiger partial charge in [-0.1, -0.05) is 15.9 Å². The molecule has 1 aromatic carbocycles. The quantitative estimate of drug-likeness (QED) is 0.773. The molecule has 64 valence electrons. The zero-order valence-electron chi connectivity index (χ0n) is 6.37. The van der Waals surface area contributed by atoms with E-state index in [4.69, 9.17) is 17.0 Å². The number of aromatic hydroxyl groups is 1. The fourth-order valence-electron chi connectivity index (χ4n) is 0.782. The standard InChI is InChI=1S/C8H7BrO2S/c1-11-8(12)6-4-5(9)2-3-7(6)10/h2-4,10H,1H3. The SMILES string of the molecule is COC(=S)c1cc(Br)ccc1O. The Bertz CT molecular complexity index is 312. The first-order chi connectivity index (χ1) is 5.65. The Kier molecular flexibility index (Phi) is 3.05. The molecule has 0 spiro atoms. The van der Waals surface area contributed by atoms with Crippen LogP contribution in [-0.4, -0.2) is 17.3 Å². The molecule has 0 amide bonds. The van der Waals surface area contributed by atoms with Crippen molar-refractivity contribution in [3.8, 4) is 5.75 Å². The van der Waals surface area contributed by atoms with Crippen molar-refractivity contribution in [2.45, 2.75) is 0 Å². The second-order valence-electron chi connectivity index (χ2n) is 2.15.